The molecule has 4 amide bonds. The Morgan fingerprint density at radius 3 is 1.83 bits per heavy atom. The fourth-order valence-corrected chi connectivity index (χ4v) is 4.13. The van der Waals surface area contributed by atoms with Gasteiger partial charge in [-0.05, 0) is 60.7 Å². The van der Waals surface area contributed by atoms with Gasteiger partial charge < -0.3 is 4.42 Å². The lowest BCUT2D eigenvalue weighted by atomic mass is 10.1. The lowest BCUT2D eigenvalue weighted by Crippen LogP contribution is -2.57. The van der Waals surface area contributed by atoms with Crippen molar-refractivity contribution in [3.05, 3.63) is 112 Å². The molecule has 0 saturated carbocycles. The summed E-state index contributed by atoms with van der Waals surface area (Å²) in [7, 11) is 0. The number of furan rings is 1. The molecule has 35 heavy (non-hydrogen) atoms. The first-order valence-corrected chi connectivity index (χ1v) is 11.3. The molecule has 172 valence electrons. The van der Waals surface area contributed by atoms with Gasteiger partial charge in [-0.3, -0.25) is 9.59 Å². The van der Waals surface area contributed by atoms with Crippen LogP contribution in [0.5, 0.6) is 0 Å². The third kappa shape index (κ3) is 4.25. The molecule has 0 atom stereocenters. The Bertz CT molecular complexity index is 1420. The van der Waals surface area contributed by atoms with Gasteiger partial charge in [0.25, 0.3) is 11.8 Å². The minimum Gasteiger partial charge on any atom is -0.457 e. The zero-order chi connectivity index (χ0) is 24.5. The Labute approximate surface area is 210 Å². The van der Waals surface area contributed by atoms with E-state index in [-0.39, 0.29) is 11.3 Å². The van der Waals surface area contributed by atoms with Crippen LogP contribution >= 0.6 is 23.2 Å². The number of benzene rings is 3. The number of hydrogen-bond acceptors (Lipinski definition) is 4. The van der Waals surface area contributed by atoms with Crippen LogP contribution in [-0.4, -0.2) is 17.8 Å². The third-order valence-corrected chi connectivity index (χ3v) is 5.95. The number of urea groups is 1. The fraction of sp³-hybridized carbons (Fsp3) is 0. The van der Waals surface area contributed by atoms with Gasteiger partial charge in [-0.1, -0.05) is 59.6 Å². The number of rotatable bonds is 4. The highest BCUT2D eigenvalue weighted by Crippen LogP contribution is 2.34. The molecule has 5 rings (SSSR count). The standard InChI is InChI=1S/C27H16Cl2N2O4/c28-17-11-13-23(29)21(15-17)24-14-12-20(35-24)16-22-25(32)30(18-7-3-1-4-8-18)27(34)31(26(22)33)19-9-5-2-6-10-19/h1-16H. The number of hydrogen-bond donors (Lipinski definition) is 0. The van der Waals surface area contributed by atoms with Crippen molar-refractivity contribution in [3.8, 4) is 11.3 Å². The number of carbonyl (C=O) groups excluding carboxylic acids is 3. The van der Waals surface area contributed by atoms with E-state index in [9.17, 15) is 14.4 Å². The van der Waals surface area contributed by atoms with Gasteiger partial charge in [0, 0.05) is 10.6 Å². The summed E-state index contributed by atoms with van der Waals surface area (Å²) in [6.45, 7) is 0. The Balaban J connectivity index is 1.60. The minimum absolute atomic E-state index is 0.226. The van der Waals surface area contributed by atoms with Crippen LogP contribution in [0.2, 0.25) is 10.0 Å². The van der Waals surface area contributed by atoms with E-state index in [2.05, 4.69) is 0 Å². The zero-order valence-corrected chi connectivity index (χ0v) is 19.5. The quantitative estimate of drug-likeness (QED) is 0.226. The van der Waals surface area contributed by atoms with Crippen molar-refractivity contribution in [3.63, 3.8) is 0 Å². The molecular weight excluding hydrogens is 487 g/mol. The maximum Gasteiger partial charge on any atom is 0.343 e. The van der Waals surface area contributed by atoms with Crippen LogP contribution in [0.1, 0.15) is 5.76 Å². The van der Waals surface area contributed by atoms with Gasteiger partial charge >= 0.3 is 6.03 Å². The van der Waals surface area contributed by atoms with E-state index in [4.69, 9.17) is 27.6 Å². The van der Waals surface area contributed by atoms with E-state index >= 15 is 0 Å². The normalized spacial score (nSPS) is 14.0. The number of amides is 4. The van der Waals surface area contributed by atoms with Crippen LogP contribution in [0, 0.1) is 0 Å². The van der Waals surface area contributed by atoms with Crippen molar-refractivity contribution in [1.29, 1.82) is 0 Å². The van der Waals surface area contributed by atoms with Gasteiger partial charge in [0.05, 0.1) is 16.4 Å². The highest BCUT2D eigenvalue weighted by Gasteiger charge is 2.43. The van der Waals surface area contributed by atoms with Crippen molar-refractivity contribution in [2.45, 2.75) is 0 Å². The molecule has 4 aromatic rings. The fourth-order valence-electron chi connectivity index (χ4n) is 3.74. The molecule has 1 aliphatic rings. The molecule has 0 spiro atoms. The molecule has 6 nitrogen and oxygen atoms in total. The van der Waals surface area contributed by atoms with Crippen molar-refractivity contribution in [2.75, 3.05) is 9.80 Å². The Morgan fingerprint density at radius 1 is 0.686 bits per heavy atom. The van der Waals surface area contributed by atoms with Gasteiger partial charge in [-0.2, -0.15) is 0 Å². The van der Waals surface area contributed by atoms with Crippen LogP contribution in [0.15, 0.2) is 101 Å². The van der Waals surface area contributed by atoms with Crippen molar-refractivity contribution in [1.82, 2.24) is 0 Å². The SMILES string of the molecule is O=C1C(=Cc2ccc(-c3cc(Cl)ccc3Cl)o2)C(=O)N(c2ccccc2)C(=O)N1c1ccccc1. The number of nitrogens with zero attached hydrogens (tertiary/aromatic N) is 2. The monoisotopic (exact) mass is 502 g/mol. The summed E-state index contributed by atoms with van der Waals surface area (Å²) in [6.07, 6.45) is 1.32. The predicted molar refractivity (Wildman–Crippen MR) is 135 cm³/mol. The third-order valence-electron chi connectivity index (χ3n) is 5.39. The van der Waals surface area contributed by atoms with E-state index in [0.717, 1.165) is 9.80 Å². The van der Waals surface area contributed by atoms with E-state index < -0.39 is 17.8 Å². The van der Waals surface area contributed by atoms with E-state index in [1.807, 2.05) is 0 Å². The lowest BCUT2D eigenvalue weighted by molar-refractivity contribution is -0.121. The smallest absolute Gasteiger partial charge is 0.343 e. The first kappa shape index (κ1) is 22.7. The molecule has 1 aromatic heterocycles. The molecule has 0 radical (unpaired) electrons. The highest BCUT2D eigenvalue weighted by atomic mass is 35.5. The topological polar surface area (TPSA) is 70.8 Å². The van der Waals surface area contributed by atoms with Gasteiger partial charge in [-0.15, -0.1) is 0 Å². The van der Waals surface area contributed by atoms with Gasteiger partial charge in [0.2, 0.25) is 0 Å². The Morgan fingerprint density at radius 2 is 1.26 bits per heavy atom. The number of imide groups is 2. The van der Waals surface area contributed by atoms with E-state index in [0.29, 0.717) is 32.7 Å². The average molecular weight is 503 g/mol. The van der Waals surface area contributed by atoms with Crippen molar-refractivity contribution in [2.24, 2.45) is 0 Å². The molecule has 1 aliphatic heterocycles. The number of anilines is 2. The summed E-state index contributed by atoms with van der Waals surface area (Å²) >= 11 is 12.4. The molecule has 0 unspecified atom stereocenters. The van der Waals surface area contributed by atoms with Crippen LogP contribution < -0.4 is 9.80 Å². The maximum atomic E-state index is 13.4. The van der Waals surface area contributed by atoms with Gasteiger partial charge in [0.15, 0.2) is 0 Å². The van der Waals surface area contributed by atoms with Crippen LogP contribution in [0.3, 0.4) is 0 Å². The number of para-hydroxylation sites is 2. The summed E-state index contributed by atoms with van der Waals surface area (Å²) in [5.41, 5.74) is 1.02. The predicted octanol–water partition coefficient (Wildman–Crippen LogP) is 6.84. The second-order valence-corrected chi connectivity index (χ2v) is 8.46. The van der Waals surface area contributed by atoms with E-state index in [1.54, 1.807) is 91.0 Å². The number of carbonyl (C=O) groups is 3. The second kappa shape index (κ2) is 9.25. The lowest BCUT2D eigenvalue weighted by Gasteiger charge is -2.33. The Kier molecular flexibility index (Phi) is 5.99. The molecule has 8 heteroatoms. The van der Waals surface area contributed by atoms with Crippen LogP contribution in [0.25, 0.3) is 17.4 Å². The molecule has 2 heterocycles. The maximum absolute atomic E-state index is 13.4. The van der Waals surface area contributed by atoms with Crippen molar-refractivity contribution < 1.29 is 18.8 Å². The second-order valence-electron chi connectivity index (χ2n) is 7.62. The van der Waals surface area contributed by atoms with Crippen molar-refractivity contribution >= 4 is 58.5 Å². The summed E-state index contributed by atoms with van der Waals surface area (Å²) in [4.78, 5) is 42.1. The zero-order valence-electron chi connectivity index (χ0n) is 18.0. The molecule has 0 N–H and O–H groups in total. The van der Waals surface area contributed by atoms with E-state index in [1.165, 1.54) is 6.08 Å². The molecule has 1 saturated heterocycles. The average Bonchev–Trinajstić information content (AvgIpc) is 3.33. The summed E-state index contributed by atoms with van der Waals surface area (Å²) in [6, 6.07) is 24.3. The molecule has 3 aromatic carbocycles. The number of barbiturate groups is 1. The largest absolute Gasteiger partial charge is 0.457 e. The minimum atomic E-state index is -0.764. The molecule has 0 bridgehead atoms. The van der Waals surface area contributed by atoms with Gasteiger partial charge in [0.1, 0.15) is 17.1 Å². The molecule has 1 fully saturated rings. The van der Waals surface area contributed by atoms with Crippen LogP contribution in [0.4, 0.5) is 16.2 Å². The Hall–Kier alpha value is -4.13. The molecular formula is C27H16Cl2N2O4. The van der Waals surface area contributed by atoms with Gasteiger partial charge in [-0.25, -0.2) is 14.6 Å². The molecule has 0 aliphatic carbocycles. The number of halogens is 2. The highest BCUT2D eigenvalue weighted by molar-refractivity contribution is 6.46. The summed E-state index contributed by atoms with van der Waals surface area (Å²) in [5.74, 6) is -0.853. The first-order chi connectivity index (χ1) is 16.9. The summed E-state index contributed by atoms with van der Waals surface area (Å²) in [5, 5.41) is 0.915. The van der Waals surface area contributed by atoms with Crippen LogP contribution in [-0.2, 0) is 9.59 Å². The first-order valence-electron chi connectivity index (χ1n) is 10.5. The summed E-state index contributed by atoms with van der Waals surface area (Å²) < 4.78 is 5.87.